The Hall–Kier alpha value is -2.22. The van der Waals surface area contributed by atoms with E-state index in [9.17, 15) is 0 Å². The molecule has 1 saturated heterocycles. The van der Waals surface area contributed by atoms with Gasteiger partial charge in [0.1, 0.15) is 0 Å². The van der Waals surface area contributed by atoms with Crippen LogP contribution in [0, 0.1) is 0 Å². The zero-order valence-electron chi connectivity index (χ0n) is 12.1. The number of nitrogens with zero attached hydrogens (tertiary/aromatic N) is 6. The molecule has 0 radical (unpaired) electrons. The zero-order valence-corrected chi connectivity index (χ0v) is 12.1. The summed E-state index contributed by atoms with van der Waals surface area (Å²) in [5.74, 6) is 2.04. The van der Waals surface area contributed by atoms with Crippen molar-refractivity contribution in [2.75, 3.05) is 36.9 Å². The van der Waals surface area contributed by atoms with Gasteiger partial charge in [0.05, 0.1) is 13.2 Å². The van der Waals surface area contributed by atoms with Crippen molar-refractivity contribution in [2.45, 2.75) is 19.9 Å². The van der Waals surface area contributed by atoms with Crippen molar-refractivity contribution in [3.63, 3.8) is 0 Å². The number of imidazole rings is 1. The average Bonchev–Trinajstić information content (AvgIpc) is 2.96. The Bertz CT molecular complexity index is 606. The second kappa shape index (κ2) is 6.04. The normalized spacial score (nSPS) is 15.4. The highest BCUT2D eigenvalue weighted by Gasteiger charge is 2.18. The minimum Gasteiger partial charge on any atom is -0.378 e. The predicted molar refractivity (Wildman–Crippen MR) is 78.8 cm³/mol. The van der Waals surface area contributed by atoms with E-state index in [0.717, 1.165) is 31.9 Å². The zero-order chi connectivity index (χ0) is 14.7. The Morgan fingerprint density at radius 3 is 2.81 bits per heavy atom. The molecule has 0 saturated carbocycles. The maximum absolute atomic E-state index is 5.84. The number of aromatic nitrogens is 5. The molecule has 1 aliphatic heterocycles. The molecule has 21 heavy (non-hydrogen) atoms. The van der Waals surface area contributed by atoms with Crippen molar-refractivity contribution >= 4 is 11.9 Å². The van der Waals surface area contributed by atoms with Crippen molar-refractivity contribution in [1.82, 2.24) is 24.5 Å². The van der Waals surface area contributed by atoms with E-state index in [4.69, 9.17) is 10.5 Å². The van der Waals surface area contributed by atoms with Crippen LogP contribution in [0.15, 0.2) is 12.4 Å². The summed E-state index contributed by atoms with van der Waals surface area (Å²) >= 11 is 0. The number of ether oxygens (including phenoxy) is 1. The van der Waals surface area contributed by atoms with Gasteiger partial charge in [-0.3, -0.25) is 0 Å². The van der Waals surface area contributed by atoms with Crippen LogP contribution >= 0.6 is 0 Å². The van der Waals surface area contributed by atoms with E-state index < -0.39 is 0 Å². The van der Waals surface area contributed by atoms with Crippen LogP contribution in [0.25, 0.3) is 11.6 Å². The highest BCUT2D eigenvalue weighted by atomic mass is 16.5. The van der Waals surface area contributed by atoms with Gasteiger partial charge in [0, 0.05) is 32.0 Å². The van der Waals surface area contributed by atoms with Crippen molar-refractivity contribution in [3.8, 4) is 11.6 Å². The molecule has 0 aromatic carbocycles. The van der Waals surface area contributed by atoms with Gasteiger partial charge in [0.2, 0.25) is 17.7 Å². The van der Waals surface area contributed by atoms with Crippen molar-refractivity contribution < 1.29 is 4.74 Å². The van der Waals surface area contributed by atoms with E-state index >= 15 is 0 Å². The van der Waals surface area contributed by atoms with Crippen molar-refractivity contribution in [3.05, 3.63) is 12.4 Å². The van der Waals surface area contributed by atoms with Crippen molar-refractivity contribution in [2.24, 2.45) is 0 Å². The first-order valence-corrected chi connectivity index (χ1v) is 7.13. The van der Waals surface area contributed by atoms with Gasteiger partial charge in [-0.25, -0.2) is 4.98 Å². The van der Waals surface area contributed by atoms with Crippen LogP contribution in [-0.4, -0.2) is 50.8 Å². The molecule has 3 rings (SSSR count). The number of nitrogens with two attached hydrogens (primary N) is 1. The molecule has 3 heterocycles. The van der Waals surface area contributed by atoms with Gasteiger partial charge in [-0.05, 0) is 6.42 Å². The van der Waals surface area contributed by atoms with E-state index in [0.29, 0.717) is 25.0 Å². The number of anilines is 2. The van der Waals surface area contributed by atoms with Crippen molar-refractivity contribution in [1.29, 1.82) is 0 Å². The van der Waals surface area contributed by atoms with E-state index in [1.807, 2.05) is 10.8 Å². The van der Waals surface area contributed by atoms with Gasteiger partial charge < -0.3 is 19.9 Å². The van der Waals surface area contributed by atoms with E-state index in [1.54, 1.807) is 6.20 Å². The number of morpholine rings is 1. The van der Waals surface area contributed by atoms with Gasteiger partial charge in [-0.2, -0.15) is 15.0 Å². The van der Waals surface area contributed by atoms with Gasteiger partial charge in [-0.1, -0.05) is 6.92 Å². The van der Waals surface area contributed by atoms with Crippen LogP contribution in [0.1, 0.15) is 13.3 Å². The lowest BCUT2D eigenvalue weighted by atomic mass is 10.4. The average molecular weight is 289 g/mol. The molecular formula is C13H19N7O. The molecule has 8 nitrogen and oxygen atoms in total. The summed E-state index contributed by atoms with van der Waals surface area (Å²) in [7, 11) is 0. The van der Waals surface area contributed by atoms with Crippen LogP contribution in [0.3, 0.4) is 0 Å². The van der Waals surface area contributed by atoms with Gasteiger partial charge in [0.25, 0.3) is 0 Å². The highest BCUT2D eigenvalue weighted by Crippen LogP contribution is 2.18. The molecule has 0 unspecified atom stereocenters. The lowest BCUT2D eigenvalue weighted by molar-refractivity contribution is 0.122. The fourth-order valence-electron chi connectivity index (χ4n) is 2.32. The third-order valence-corrected chi connectivity index (χ3v) is 3.31. The number of nitrogen functional groups attached to an aromatic ring is 1. The highest BCUT2D eigenvalue weighted by molar-refractivity contribution is 5.50. The molecule has 2 aromatic rings. The molecule has 2 aromatic heterocycles. The SMILES string of the molecule is CCCn1ccnc1-c1nc(N)nc(N2CCOCC2)n1. The maximum atomic E-state index is 5.84. The van der Waals surface area contributed by atoms with E-state index in [-0.39, 0.29) is 5.95 Å². The molecule has 1 fully saturated rings. The monoisotopic (exact) mass is 289 g/mol. The Balaban J connectivity index is 1.95. The molecule has 2 N–H and O–H groups in total. The number of hydrogen-bond donors (Lipinski definition) is 1. The van der Waals surface area contributed by atoms with Crippen LogP contribution in [0.4, 0.5) is 11.9 Å². The standard InChI is InChI=1S/C13H19N7O/c1-2-4-19-5-3-15-11(19)10-16-12(14)18-13(17-10)20-6-8-21-9-7-20/h3,5H,2,4,6-9H2,1H3,(H2,14,16,17,18). The summed E-state index contributed by atoms with van der Waals surface area (Å²) in [5.41, 5.74) is 5.84. The first-order valence-electron chi connectivity index (χ1n) is 7.13. The fourth-order valence-corrected chi connectivity index (χ4v) is 2.32. The molecule has 112 valence electrons. The molecule has 0 atom stereocenters. The minimum absolute atomic E-state index is 0.215. The third kappa shape index (κ3) is 2.94. The second-order valence-electron chi connectivity index (χ2n) is 4.86. The van der Waals surface area contributed by atoms with Crippen LogP contribution < -0.4 is 10.6 Å². The summed E-state index contributed by atoms with van der Waals surface area (Å²) in [5, 5.41) is 0. The third-order valence-electron chi connectivity index (χ3n) is 3.31. The van der Waals surface area contributed by atoms with Crippen LogP contribution in [0.5, 0.6) is 0 Å². The molecule has 0 spiro atoms. The summed E-state index contributed by atoms with van der Waals surface area (Å²) in [6.45, 7) is 5.84. The van der Waals surface area contributed by atoms with Gasteiger partial charge >= 0.3 is 0 Å². The molecule has 1 aliphatic rings. The number of rotatable bonds is 4. The number of aryl methyl sites for hydroxylation is 1. The Morgan fingerprint density at radius 2 is 2.05 bits per heavy atom. The Morgan fingerprint density at radius 1 is 1.24 bits per heavy atom. The minimum atomic E-state index is 0.215. The lowest BCUT2D eigenvalue weighted by Gasteiger charge is -2.26. The lowest BCUT2D eigenvalue weighted by Crippen LogP contribution is -2.37. The van der Waals surface area contributed by atoms with E-state index in [1.165, 1.54) is 0 Å². The maximum Gasteiger partial charge on any atom is 0.230 e. The molecule has 0 aliphatic carbocycles. The molecule has 0 amide bonds. The molecular weight excluding hydrogens is 270 g/mol. The quantitative estimate of drug-likeness (QED) is 0.878. The molecule has 8 heteroatoms. The molecule has 0 bridgehead atoms. The summed E-state index contributed by atoms with van der Waals surface area (Å²) < 4.78 is 7.37. The smallest absolute Gasteiger partial charge is 0.230 e. The largest absolute Gasteiger partial charge is 0.378 e. The fraction of sp³-hybridized carbons (Fsp3) is 0.538. The summed E-state index contributed by atoms with van der Waals surface area (Å²) in [6.07, 6.45) is 4.69. The van der Waals surface area contributed by atoms with Gasteiger partial charge in [-0.15, -0.1) is 0 Å². The Labute approximate surface area is 123 Å². The number of hydrogen-bond acceptors (Lipinski definition) is 7. The topological polar surface area (TPSA) is 95.0 Å². The first kappa shape index (κ1) is 13.7. The van der Waals surface area contributed by atoms with Crippen LogP contribution in [-0.2, 0) is 11.3 Å². The first-order chi connectivity index (χ1) is 10.3. The van der Waals surface area contributed by atoms with E-state index in [2.05, 4.69) is 31.8 Å². The van der Waals surface area contributed by atoms with Gasteiger partial charge in [0.15, 0.2) is 5.82 Å². The second-order valence-corrected chi connectivity index (χ2v) is 4.86. The van der Waals surface area contributed by atoms with Crippen LogP contribution in [0.2, 0.25) is 0 Å². The summed E-state index contributed by atoms with van der Waals surface area (Å²) in [6, 6.07) is 0. The predicted octanol–water partition coefficient (Wildman–Crippen LogP) is 0.564. The Kier molecular flexibility index (Phi) is 3.96. The summed E-state index contributed by atoms with van der Waals surface area (Å²) in [4.78, 5) is 19.4.